The molecule has 3 aromatic carbocycles. The van der Waals surface area contributed by atoms with Gasteiger partial charge in [-0.15, -0.1) is 0 Å². The Hall–Kier alpha value is -3.61. The van der Waals surface area contributed by atoms with E-state index in [-0.39, 0.29) is 12.5 Å². The largest absolute Gasteiger partial charge is 0.416 e. The fourth-order valence-corrected chi connectivity index (χ4v) is 3.24. The predicted molar refractivity (Wildman–Crippen MR) is 108 cm³/mol. The number of nitrogens with zero attached hydrogens (tertiary/aromatic N) is 2. The summed E-state index contributed by atoms with van der Waals surface area (Å²) in [5.74, 6) is -0.153. The topological polar surface area (TPSA) is 46.9 Å². The van der Waals surface area contributed by atoms with Crippen molar-refractivity contribution in [3.05, 3.63) is 90.3 Å². The molecule has 0 radical (unpaired) electrons. The molecule has 0 bridgehead atoms. The third kappa shape index (κ3) is 4.35. The highest BCUT2D eigenvalue weighted by Crippen LogP contribution is 2.32. The summed E-state index contributed by atoms with van der Waals surface area (Å²) >= 11 is 0. The van der Waals surface area contributed by atoms with Gasteiger partial charge >= 0.3 is 6.18 Å². The molecule has 30 heavy (non-hydrogen) atoms. The van der Waals surface area contributed by atoms with Crippen LogP contribution in [0.25, 0.3) is 22.2 Å². The molecule has 0 aliphatic heterocycles. The van der Waals surface area contributed by atoms with Crippen LogP contribution in [0.15, 0.2) is 79.1 Å². The number of imidazole rings is 1. The van der Waals surface area contributed by atoms with Crippen LogP contribution < -0.4 is 5.32 Å². The van der Waals surface area contributed by atoms with Gasteiger partial charge in [-0.25, -0.2) is 4.98 Å². The first kappa shape index (κ1) is 19.7. The number of para-hydroxylation sites is 2. The van der Waals surface area contributed by atoms with Gasteiger partial charge in [-0.2, -0.15) is 13.2 Å². The Bertz CT molecular complexity index is 1180. The van der Waals surface area contributed by atoms with E-state index in [0.717, 1.165) is 28.7 Å². The molecule has 0 spiro atoms. The molecule has 1 aromatic heterocycles. The van der Waals surface area contributed by atoms with Gasteiger partial charge in [0, 0.05) is 6.54 Å². The minimum Gasteiger partial charge on any atom is -0.350 e. The maximum absolute atomic E-state index is 12.9. The van der Waals surface area contributed by atoms with Crippen molar-refractivity contribution in [2.75, 3.05) is 0 Å². The number of hydrogen-bond acceptors (Lipinski definition) is 2. The summed E-state index contributed by atoms with van der Waals surface area (Å²) in [6.07, 6.45) is -2.74. The van der Waals surface area contributed by atoms with Gasteiger partial charge in [0.05, 0.1) is 22.9 Å². The third-order valence-corrected chi connectivity index (χ3v) is 4.81. The number of benzene rings is 3. The van der Waals surface area contributed by atoms with E-state index < -0.39 is 11.7 Å². The first-order valence-electron chi connectivity index (χ1n) is 9.33. The minimum absolute atomic E-state index is 0.153. The number of carbonyl (C=O) groups excluding carboxylic acids is 1. The van der Waals surface area contributed by atoms with Gasteiger partial charge in [-0.05, 0) is 41.0 Å². The van der Waals surface area contributed by atoms with Crippen molar-refractivity contribution in [2.24, 2.45) is 0 Å². The van der Waals surface area contributed by atoms with E-state index in [4.69, 9.17) is 0 Å². The highest BCUT2D eigenvalue weighted by molar-refractivity contribution is 5.80. The van der Waals surface area contributed by atoms with Crippen LogP contribution in [-0.4, -0.2) is 15.5 Å². The molecule has 1 N–H and O–H groups in total. The summed E-state index contributed by atoms with van der Waals surface area (Å²) in [5.41, 5.74) is 3.07. The van der Waals surface area contributed by atoms with Crippen LogP contribution >= 0.6 is 0 Å². The normalized spacial score (nSPS) is 11.6. The Morgan fingerprint density at radius 1 is 0.933 bits per heavy atom. The summed E-state index contributed by atoms with van der Waals surface area (Å²) in [6, 6.07) is 19.9. The molecule has 1 amide bonds. The number of carbonyl (C=O) groups is 1. The van der Waals surface area contributed by atoms with Gasteiger partial charge in [0.15, 0.2) is 0 Å². The van der Waals surface area contributed by atoms with Gasteiger partial charge in [0.25, 0.3) is 0 Å². The summed E-state index contributed by atoms with van der Waals surface area (Å²) in [6.45, 7) is 0.483. The molecule has 0 saturated carbocycles. The van der Waals surface area contributed by atoms with Gasteiger partial charge in [0.2, 0.25) is 5.91 Å². The monoisotopic (exact) mass is 409 g/mol. The smallest absolute Gasteiger partial charge is 0.350 e. The van der Waals surface area contributed by atoms with E-state index in [2.05, 4.69) is 10.3 Å². The average Bonchev–Trinajstić information content (AvgIpc) is 3.15. The van der Waals surface area contributed by atoms with Crippen molar-refractivity contribution in [1.29, 1.82) is 0 Å². The van der Waals surface area contributed by atoms with Crippen LogP contribution in [-0.2, 0) is 24.1 Å². The van der Waals surface area contributed by atoms with Crippen LogP contribution in [0.3, 0.4) is 0 Å². The molecule has 0 atom stereocenters. The predicted octanol–water partition coefficient (Wildman–Crippen LogP) is 5.04. The van der Waals surface area contributed by atoms with Crippen LogP contribution in [0, 0.1) is 0 Å². The highest BCUT2D eigenvalue weighted by Gasteiger charge is 2.30. The summed E-state index contributed by atoms with van der Waals surface area (Å²) in [4.78, 5) is 16.5. The summed E-state index contributed by atoms with van der Waals surface area (Å²) in [5, 5.41) is 2.85. The Kier molecular flexibility index (Phi) is 5.27. The lowest BCUT2D eigenvalue weighted by molar-refractivity contribution is -0.137. The maximum atomic E-state index is 12.9. The van der Waals surface area contributed by atoms with Crippen molar-refractivity contribution < 1.29 is 18.0 Å². The molecule has 0 fully saturated rings. The van der Waals surface area contributed by atoms with Gasteiger partial charge < -0.3 is 9.88 Å². The van der Waals surface area contributed by atoms with Crippen molar-refractivity contribution in [3.63, 3.8) is 0 Å². The fraction of sp³-hybridized carbons (Fsp3) is 0.130. The second kappa shape index (κ2) is 8.02. The minimum atomic E-state index is -4.37. The number of hydrogen-bond donors (Lipinski definition) is 1. The molecule has 1 heterocycles. The lowest BCUT2D eigenvalue weighted by Crippen LogP contribution is -2.26. The van der Waals surface area contributed by atoms with Gasteiger partial charge in [-0.3, -0.25) is 4.79 Å². The van der Waals surface area contributed by atoms with Crippen molar-refractivity contribution in [2.45, 2.75) is 19.3 Å². The number of alkyl halides is 3. The maximum Gasteiger partial charge on any atom is 0.416 e. The van der Waals surface area contributed by atoms with E-state index in [1.54, 1.807) is 41.2 Å². The lowest BCUT2D eigenvalue weighted by atomic mass is 10.0. The second-order valence-electron chi connectivity index (χ2n) is 6.91. The molecule has 4 nitrogen and oxygen atoms in total. The van der Waals surface area contributed by atoms with Crippen LogP contribution in [0.5, 0.6) is 0 Å². The SMILES string of the molecule is O=C(Cn1cnc2ccccc21)NCc1ccc(-c2cccc(C(F)(F)F)c2)cc1. The first-order chi connectivity index (χ1) is 14.4. The molecule has 4 rings (SSSR count). The zero-order valence-corrected chi connectivity index (χ0v) is 15.9. The van der Waals surface area contributed by atoms with E-state index in [0.29, 0.717) is 17.7 Å². The van der Waals surface area contributed by atoms with Crippen molar-refractivity contribution >= 4 is 16.9 Å². The van der Waals surface area contributed by atoms with E-state index >= 15 is 0 Å². The average molecular weight is 409 g/mol. The molecule has 0 aliphatic rings. The lowest BCUT2D eigenvalue weighted by Gasteiger charge is -2.10. The Balaban J connectivity index is 1.39. The molecular weight excluding hydrogens is 391 g/mol. The number of halogens is 3. The van der Waals surface area contributed by atoms with Crippen LogP contribution in [0.4, 0.5) is 13.2 Å². The van der Waals surface area contributed by atoms with Gasteiger partial charge in [0.1, 0.15) is 6.54 Å². The molecule has 4 aromatic rings. The third-order valence-electron chi connectivity index (χ3n) is 4.81. The van der Waals surface area contributed by atoms with E-state index in [9.17, 15) is 18.0 Å². The first-order valence-corrected chi connectivity index (χ1v) is 9.33. The summed E-state index contributed by atoms with van der Waals surface area (Å²) in [7, 11) is 0. The van der Waals surface area contributed by atoms with E-state index in [1.165, 1.54) is 6.07 Å². The number of fused-ring (bicyclic) bond motifs is 1. The molecule has 7 heteroatoms. The molecular formula is C23H18F3N3O. The van der Waals surface area contributed by atoms with Crippen molar-refractivity contribution in [1.82, 2.24) is 14.9 Å². The highest BCUT2D eigenvalue weighted by atomic mass is 19.4. The Morgan fingerprint density at radius 3 is 2.47 bits per heavy atom. The number of aromatic nitrogens is 2. The van der Waals surface area contributed by atoms with Gasteiger partial charge in [-0.1, -0.05) is 48.5 Å². The summed E-state index contributed by atoms with van der Waals surface area (Å²) < 4.78 is 40.5. The molecule has 152 valence electrons. The Morgan fingerprint density at radius 2 is 1.70 bits per heavy atom. The standard InChI is InChI=1S/C23H18F3N3O/c24-23(25,26)19-5-3-4-18(12-19)17-10-8-16(9-11-17)13-27-22(30)14-29-15-28-20-6-1-2-7-21(20)29/h1-12,15H,13-14H2,(H,27,30). The molecule has 0 aliphatic carbocycles. The number of nitrogens with one attached hydrogen (secondary N) is 1. The molecule has 0 saturated heterocycles. The Labute approximate surface area is 171 Å². The zero-order chi connectivity index (χ0) is 21.1. The second-order valence-corrected chi connectivity index (χ2v) is 6.91. The van der Waals surface area contributed by atoms with Crippen molar-refractivity contribution in [3.8, 4) is 11.1 Å². The number of rotatable bonds is 5. The van der Waals surface area contributed by atoms with Crippen LogP contribution in [0.1, 0.15) is 11.1 Å². The van der Waals surface area contributed by atoms with E-state index in [1.807, 2.05) is 24.3 Å². The zero-order valence-electron chi connectivity index (χ0n) is 15.9. The van der Waals surface area contributed by atoms with Crippen LogP contribution in [0.2, 0.25) is 0 Å². The fourth-order valence-electron chi connectivity index (χ4n) is 3.24. The quantitative estimate of drug-likeness (QED) is 0.502. The number of amides is 1. The molecule has 0 unspecified atom stereocenters.